The average Bonchev–Trinajstić information content (AvgIpc) is 2.62. The highest BCUT2D eigenvalue weighted by Gasteiger charge is 2.26. The molecule has 0 bridgehead atoms. The molecule has 0 aliphatic carbocycles. The zero-order valence-electron chi connectivity index (χ0n) is 15.8. The van der Waals surface area contributed by atoms with E-state index >= 15 is 0 Å². The van der Waals surface area contributed by atoms with Gasteiger partial charge in [0.05, 0.1) is 29.1 Å². The Balaban J connectivity index is 2.28. The van der Waals surface area contributed by atoms with Crippen molar-refractivity contribution in [1.82, 2.24) is 14.9 Å². The van der Waals surface area contributed by atoms with Crippen LogP contribution in [0.15, 0.2) is 46.1 Å². The fourth-order valence-electron chi connectivity index (χ4n) is 2.63. The van der Waals surface area contributed by atoms with Crippen LogP contribution in [0, 0.1) is 10.1 Å². The summed E-state index contributed by atoms with van der Waals surface area (Å²) in [5.41, 5.74) is -1.54. The van der Waals surface area contributed by atoms with Crippen molar-refractivity contribution >= 4 is 17.6 Å². The van der Waals surface area contributed by atoms with Crippen LogP contribution in [-0.2, 0) is 20.9 Å². The maximum absolute atomic E-state index is 12.4. The predicted octanol–water partition coefficient (Wildman–Crippen LogP) is 0.644. The SMILES string of the molecule is CC(C)OC(=O)CC(NC(=O)Cn1ccc(=O)[nH]c1=O)c1ccccc1[N+](=O)[O-]. The van der Waals surface area contributed by atoms with Gasteiger partial charge in [0.2, 0.25) is 5.91 Å². The number of rotatable bonds is 8. The monoisotopic (exact) mass is 404 g/mol. The number of nitrogens with one attached hydrogen (secondary N) is 2. The Kier molecular flexibility index (Phi) is 7.01. The number of carbonyl (C=O) groups excluding carboxylic acids is 2. The van der Waals surface area contributed by atoms with Crippen molar-refractivity contribution in [3.63, 3.8) is 0 Å². The van der Waals surface area contributed by atoms with Gasteiger partial charge in [0.25, 0.3) is 11.2 Å². The summed E-state index contributed by atoms with van der Waals surface area (Å²) >= 11 is 0. The summed E-state index contributed by atoms with van der Waals surface area (Å²) in [7, 11) is 0. The third kappa shape index (κ3) is 6.13. The number of aromatic nitrogens is 2. The van der Waals surface area contributed by atoms with Crippen LogP contribution in [0.1, 0.15) is 31.9 Å². The van der Waals surface area contributed by atoms with Gasteiger partial charge in [-0.2, -0.15) is 0 Å². The van der Waals surface area contributed by atoms with Crippen LogP contribution in [0.3, 0.4) is 0 Å². The first-order chi connectivity index (χ1) is 13.7. The standard InChI is InChI=1S/C18H20N4O7/c1-11(2)29-17(25)9-13(12-5-3-4-6-14(12)22(27)28)19-16(24)10-21-8-7-15(23)20-18(21)26/h3-8,11,13H,9-10H2,1-2H3,(H,19,24)(H,20,23,26). The van der Waals surface area contributed by atoms with E-state index in [1.807, 2.05) is 4.98 Å². The fourth-order valence-corrected chi connectivity index (χ4v) is 2.63. The van der Waals surface area contributed by atoms with Crippen LogP contribution in [0.25, 0.3) is 0 Å². The number of carbonyl (C=O) groups is 2. The van der Waals surface area contributed by atoms with E-state index in [1.54, 1.807) is 19.9 Å². The molecule has 1 aromatic heterocycles. The molecule has 1 aromatic carbocycles. The topological polar surface area (TPSA) is 153 Å². The van der Waals surface area contributed by atoms with Gasteiger partial charge in [-0.05, 0) is 13.8 Å². The molecular formula is C18H20N4O7. The van der Waals surface area contributed by atoms with E-state index in [-0.39, 0.29) is 17.7 Å². The molecule has 0 saturated carbocycles. The van der Waals surface area contributed by atoms with Crippen molar-refractivity contribution in [1.29, 1.82) is 0 Å². The first kappa shape index (κ1) is 21.5. The van der Waals surface area contributed by atoms with E-state index in [9.17, 15) is 29.3 Å². The number of H-pyrrole nitrogens is 1. The first-order valence-corrected chi connectivity index (χ1v) is 8.69. The smallest absolute Gasteiger partial charge is 0.328 e. The zero-order chi connectivity index (χ0) is 21.6. The molecule has 11 nitrogen and oxygen atoms in total. The average molecular weight is 404 g/mol. The summed E-state index contributed by atoms with van der Waals surface area (Å²) in [5.74, 6) is -1.33. The van der Waals surface area contributed by atoms with Gasteiger partial charge in [-0.3, -0.25) is 34.0 Å². The highest BCUT2D eigenvalue weighted by Crippen LogP contribution is 2.27. The second-order valence-electron chi connectivity index (χ2n) is 6.42. The van der Waals surface area contributed by atoms with Crippen LogP contribution in [0.4, 0.5) is 5.69 Å². The maximum Gasteiger partial charge on any atom is 0.328 e. The van der Waals surface area contributed by atoms with Gasteiger partial charge < -0.3 is 10.1 Å². The second kappa shape index (κ2) is 9.44. The molecule has 11 heteroatoms. The lowest BCUT2D eigenvalue weighted by Crippen LogP contribution is -2.37. The molecule has 0 aliphatic heterocycles. The Hall–Kier alpha value is -3.76. The van der Waals surface area contributed by atoms with E-state index in [0.29, 0.717) is 0 Å². The largest absolute Gasteiger partial charge is 0.463 e. The van der Waals surface area contributed by atoms with Crippen LogP contribution >= 0.6 is 0 Å². The molecule has 0 saturated heterocycles. The van der Waals surface area contributed by atoms with Gasteiger partial charge in [0.1, 0.15) is 6.54 Å². The Morgan fingerprint density at radius 2 is 1.93 bits per heavy atom. The van der Waals surface area contributed by atoms with E-state index in [1.165, 1.54) is 18.2 Å². The number of hydrogen-bond acceptors (Lipinski definition) is 7. The molecule has 2 rings (SSSR count). The van der Waals surface area contributed by atoms with Crippen LogP contribution < -0.4 is 16.6 Å². The number of nitro benzene ring substituents is 1. The molecule has 1 atom stereocenters. The lowest BCUT2D eigenvalue weighted by atomic mass is 10.0. The van der Waals surface area contributed by atoms with Gasteiger partial charge in [0.15, 0.2) is 0 Å². The molecule has 29 heavy (non-hydrogen) atoms. The third-order valence-corrected chi connectivity index (χ3v) is 3.79. The van der Waals surface area contributed by atoms with Gasteiger partial charge in [0, 0.05) is 18.3 Å². The molecule has 1 amide bonds. The Bertz CT molecular complexity index is 1030. The molecule has 154 valence electrons. The van der Waals surface area contributed by atoms with Crippen molar-refractivity contribution in [2.24, 2.45) is 0 Å². The third-order valence-electron chi connectivity index (χ3n) is 3.79. The molecule has 0 aliphatic rings. The van der Waals surface area contributed by atoms with Crippen LogP contribution in [0.5, 0.6) is 0 Å². The summed E-state index contributed by atoms with van der Waals surface area (Å²) in [6.07, 6.45) is 0.410. The van der Waals surface area contributed by atoms with E-state index in [4.69, 9.17) is 4.74 Å². The van der Waals surface area contributed by atoms with Crippen molar-refractivity contribution in [2.75, 3.05) is 0 Å². The Morgan fingerprint density at radius 1 is 1.24 bits per heavy atom. The number of para-hydroxylation sites is 1. The minimum Gasteiger partial charge on any atom is -0.463 e. The lowest BCUT2D eigenvalue weighted by Gasteiger charge is -2.19. The summed E-state index contributed by atoms with van der Waals surface area (Å²) < 4.78 is 6.04. The molecule has 0 fully saturated rings. The predicted molar refractivity (Wildman–Crippen MR) is 101 cm³/mol. The number of hydrogen-bond donors (Lipinski definition) is 2. The highest BCUT2D eigenvalue weighted by molar-refractivity contribution is 5.78. The minimum absolute atomic E-state index is 0.125. The first-order valence-electron chi connectivity index (χ1n) is 8.69. The number of aromatic amines is 1. The van der Waals surface area contributed by atoms with E-state index in [2.05, 4.69) is 5.32 Å². The number of ether oxygens (including phenoxy) is 1. The summed E-state index contributed by atoms with van der Waals surface area (Å²) in [6, 6.07) is 5.73. The zero-order valence-corrected chi connectivity index (χ0v) is 15.8. The van der Waals surface area contributed by atoms with Crippen molar-refractivity contribution in [2.45, 2.75) is 39.0 Å². The maximum atomic E-state index is 12.4. The normalized spacial score (nSPS) is 11.7. The number of nitro groups is 1. The lowest BCUT2D eigenvalue weighted by molar-refractivity contribution is -0.385. The molecule has 1 heterocycles. The molecule has 2 N–H and O–H groups in total. The molecule has 1 unspecified atom stereocenters. The van der Waals surface area contributed by atoms with Crippen LogP contribution in [-0.4, -0.2) is 32.5 Å². The summed E-state index contributed by atoms with van der Waals surface area (Å²) in [6.45, 7) is 2.85. The number of nitrogens with zero attached hydrogens (tertiary/aromatic N) is 2. The van der Waals surface area contributed by atoms with Crippen LogP contribution in [0.2, 0.25) is 0 Å². The van der Waals surface area contributed by atoms with E-state index in [0.717, 1.165) is 16.8 Å². The number of benzene rings is 1. The fraction of sp³-hybridized carbons (Fsp3) is 0.333. The molecule has 0 radical (unpaired) electrons. The van der Waals surface area contributed by atoms with Crippen molar-refractivity contribution in [3.05, 3.63) is 73.0 Å². The van der Waals surface area contributed by atoms with E-state index < -0.39 is 46.7 Å². The van der Waals surface area contributed by atoms with Gasteiger partial charge in [-0.1, -0.05) is 18.2 Å². The van der Waals surface area contributed by atoms with Crippen molar-refractivity contribution < 1.29 is 19.2 Å². The van der Waals surface area contributed by atoms with Gasteiger partial charge in [-0.15, -0.1) is 0 Å². The quantitative estimate of drug-likeness (QED) is 0.372. The Morgan fingerprint density at radius 3 is 2.55 bits per heavy atom. The summed E-state index contributed by atoms with van der Waals surface area (Å²) in [5, 5.41) is 13.9. The Labute approximate surface area is 164 Å². The van der Waals surface area contributed by atoms with Crippen molar-refractivity contribution in [3.8, 4) is 0 Å². The minimum atomic E-state index is -1.05. The number of amides is 1. The van der Waals surface area contributed by atoms with Gasteiger partial charge >= 0.3 is 11.7 Å². The summed E-state index contributed by atoms with van der Waals surface area (Å²) in [4.78, 5) is 60.1. The molecule has 0 spiro atoms. The highest BCUT2D eigenvalue weighted by atomic mass is 16.6. The second-order valence-corrected chi connectivity index (χ2v) is 6.42. The number of esters is 1. The molecular weight excluding hydrogens is 384 g/mol. The molecule has 2 aromatic rings. The van der Waals surface area contributed by atoms with Gasteiger partial charge in [-0.25, -0.2) is 4.79 Å².